The largest absolute Gasteiger partial charge is 0.329 e. The molecule has 0 radical (unpaired) electrons. The number of anilines is 1. The van der Waals surface area contributed by atoms with Crippen molar-refractivity contribution in [2.24, 2.45) is 11.1 Å². The number of hydrogen-bond acceptors (Lipinski definition) is 2. The van der Waals surface area contributed by atoms with Gasteiger partial charge in [-0.25, -0.2) is 0 Å². The first kappa shape index (κ1) is 15.8. The minimum atomic E-state index is -0.421. The van der Waals surface area contributed by atoms with Crippen LogP contribution in [0.2, 0.25) is 5.02 Å². The van der Waals surface area contributed by atoms with Gasteiger partial charge < -0.3 is 11.1 Å². The number of benzene rings is 1. The van der Waals surface area contributed by atoms with E-state index in [4.69, 9.17) is 17.3 Å². The van der Waals surface area contributed by atoms with E-state index in [0.717, 1.165) is 35.8 Å². The summed E-state index contributed by atoms with van der Waals surface area (Å²) >= 11 is 9.34. The molecule has 1 aromatic carbocycles. The Morgan fingerprint density at radius 3 is 2.50 bits per heavy atom. The maximum atomic E-state index is 12.7. The number of carbonyl (C=O) groups excluding carboxylic acids is 1. The molecule has 1 amide bonds. The van der Waals surface area contributed by atoms with Crippen LogP contribution in [0.15, 0.2) is 22.7 Å². The zero-order valence-corrected chi connectivity index (χ0v) is 13.8. The molecule has 0 aliphatic heterocycles. The van der Waals surface area contributed by atoms with Crippen LogP contribution in [0.4, 0.5) is 5.69 Å². The summed E-state index contributed by atoms with van der Waals surface area (Å²) < 4.78 is 0.791. The van der Waals surface area contributed by atoms with Crippen LogP contribution in [0.5, 0.6) is 0 Å². The number of rotatable bonds is 3. The van der Waals surface area contributed by atoms with Gasteiger partial charge in [-0.3, -0.25) is 4.79 Å². The summed E-state index contributed by atoms with van der Waals surface area (Å²) in [6, 6.07) is 5.36. The first-order valence-electron chi connectivity index (χ1n) is 7.04. The lowest BCUT2D eigenvalue weighted by molar-refractivity contribution is -0.125. The van der Waals surface area contributed by atoms with E-state index < -0.39 is 5.41 Å². The van der Waals surface area contributed by atoms with Crippen LogP contribution >= 0.6 is 27.5 Å². The van der Waals surface area contributed by atoms with Gasteiger partial charge in [-0.15, -0.1) is 0 Å². The van der Waals surface area contributed by atoms with Crippen LogP contribution in [-0.4, -0.2) is 12.5 Å². The molecule has 0 aromatic heterocycles. The van der Waals surface area contributed by atoms with Gasteiger partial charge in [0.05, 0.1) is 11.1 Å². The van der Waals surface area contributed by atoms with Gasteiger partial charge in [0, 0.05) is 16.0 Å². The molecule has 3 N–H and O–H groups in total. The summed E-state index contributed by atoms with van der Waals surface area (Å²) in [6.45, 7) is 0.407. The van der Waals surface area contributed by atoms with Gasteiger partial charge in [0.25, 0.3) is 0 Å². The maximum absolute atomic E-state index is 12.7. The molecule has 1 aliphatic carbocycles. The Kier molecular flexibility index (Phi) is 5.47. The highest BCUT2D eigenvalue weighted by molar-refractivity contribution is 9.10. The standard InChI is InChI=1S/C15H20BrClN2O/c16-12-9-11(17)5-6-13(12)19-14(20)15(10-18)7-3-1-2-4-8-15/h5-6,9H,1-4,7-8,10,18H2,(H,19,20). The Bertz CT molecular complexity index is 485. The summed E-state index contributed by atoms with van der Waals surface area (Å²) in [6.07, 6.45) is 6.29. The van der Waals surface area contributed by atoms with Crippen molar-refractivity contribution in [2.45, 2.75) is 38.5 Å². The van der Waals surface area contributed by atoms with Crippen molar-refractivity contribution in [2.75, 3.05) is 11.9 Å². The lowest BCUT2D eigenvalue weighted by Gasteiger charge is -2.30. The summed E-state index contributed by atoms with van der Waals surface area (Å²) in [5.74, 6) is 0.0323. The van der Waals surface area contributed by atoms with E-state index in [1.807, 2.05) is 6.07 Å². The predicted octanol–water partition coefficient (Wildman–Crippen LogP) is 4.34. The third-order valence-electron chi connectivity index (χ3n) is 4.11. The number of halogens is 2. The average molecular weight is 360 g/mol. The normalized spacial score (nSPS) is 18.4. The van der Waals surface area contributed by atoms with E-state index in [1.165, 1.54) is 12.8 Å². The molecule has 1 aliphatic rings. The second-order valence-electron chi connectivity index (χ2n) is 5.48. The first-order chi connectivity index (χ1) is 9.57. The molecule has 1 fully saturated rings. The van der Waals surface area contributed by atoms with Gasteiger partial charge in [0.15, 0.2) is 0 Å². The van der Waals surface area contributed by atoms with E-state index >= 15 is 0 Å². The van der Waals surface area contributed by atoms with Crippen molar-refractivity contribution in [3.8, 4) is 0 Å². The fourth-order valence-electron chi connectivity index (χ4n) is 2.77. The van der Waals surface area contributed by atoms with Crippen molar-refractivity contribution in [1.29, 1.82) is 0 Å². The van der Waals surface area contributed by atoms with Crippen molar-refractivity contribution >= 4 is 39.1 Å². The van der Waals surface area contributed by atoms with Crippen LogP contribution in [0.25, 0.3) is 0 Å². The fourth-order valence-corrected chi connectivity index (χ4v) is 3.56. The Morgan fingerprint density at radius 2 is 1.95 bits per heavy atom. The van der Waals surface area contributed by atoms with Gasteiger partial charge in [-0.05, 0) is 47.0 Å². The molecule has 0 heterocycles. The molecule has 1 aromatic rings. The zero-order chi connectivity index (χ0) is 14.6. The van der Waals surface area contributed by atoms with Crippen LogP contribution < -0.4 is 11.1 Å². The molecule has 0 spiro atoms. The summed E-state index contributed by atoms with van der Waals surface area (Å²) in [7, 11) is 0. The Hall–Kier alpha value is -0.580. The summed E-state index contributed by atoms with van der Waals surface area (Å²) in [5, 5.41) is 3.64. The molecule has 110 valence electrons. The third kappa shape index (κ3) is 3.54. The van der Waals surface area contributed by atoms with Gasteiger partial charge in [0.2, 0.25) is 5.91 Å². The lowest BCUT2D eigenvalue weighted by Crippen LogP contribution is -2.42. The Morgan fingerprint density at radius 1 is 1.30 bits per heavy atom. The van der Waals surface area contributed by atoms with Crippen LogP contribution in [0.1, 0.15) is 38.5 Å². The van der Waals surface area contributed by atoms with Crippen molar-refractivity contribution in [3.63, 3.8) is 0 Å². The third-order valence-corrected chi connectivity index (χ3v) is 5.00. The predicted molar refractivity (Wildman–Crippen MR) is 87.0 cm³/mol. The second-order valence-corrected chi connectivity index (χ2v) is 6.77. The highest BCUT2D eigenvalue weighted by Crippen LogP contribution is 2.36. The molecule has 0 atom stereocenters. The molecule has 0 unspecified atom stereocenters. The zero-order valence-electron chi connectivity index (χ0n) is 11.4. The number of carbonyl (C=O) groups is 1. The van der Waals surface area contributed by atoms with E-state index in [2.05, 4.69) is 21.2 Å². The van der Waals surface area contributed by atoms with E-state index in [9.17, 15) is 4.79 Å². The topological polar surface area (TPSA) is 55.1 Å². The maximum Gasteiger partial charge on any atom is 0.231 e. The van der Waals surface area contributed by atoms with E-state index in [-0.39, 0.29) is 5.91 Å². The monoisotopic (exact) mass is 358 g/mol. The summed E-state index contributed by atoms with van der Waals surface area (Å²) in [4.78, 5) is 12.7. The minimum absolute atomic E-state index is 0.0323. The number of hydrogen-bond donors (Lipinski definition) is 2. The van der Waals surface area contributed by atoms with Crippen molar-refractivity contribution < 1.29 is 4.79 Å². The molecule has 0 saturated heterocycles. The Balaban J connectivity index is 2.16. The highest BCUT2D eigenvalue weighted by atomic mass is 79.9. The van der Waals surface area contributed by atoms with Crippen LogP contribution in [-0.2, 0) is 4.79 Å². The average Bonchev–Trinajstić information content (AvgIpc) is 2.68. The molecule has 3 nitrogen and oxygen atoms in total. The smallest absolute Gasteiger partial charge is 0.231 e. The second kappa shape index (κ2) is 6.92. The highest BCUT2D eigenvalue weighted by Gasteiger charge is 2.37. The number of nitrogens with two attached hydrogens (primary N) is 1. The number of nitrogens with one attached hydrogen (secondary N) is 1. The first-order valence-corrected chi connectivity index (χ1v) is 8.21. The molecular weight excluding hydrogens is 340 g/mol. The van der Waals surface area contributed by atoms with Crippen molar-refractivity contribution in [1.82, 2.24) is 0 Å². The van der Waals surface area contributed by atoms with E-state index in [1.54, 1.807) is 12.1 Å². The number of amides is 1. The SMILES string of the molecule is NCC1(C(=O)Nc2ccc(Cl)cc2Br)CCCCCC1. The quantitative estimate of drug-likeness (QED) is 0.789. The fraction of sp³-hybridized carbons (Fsp3) is 0.533. The van der Waals surface area contributed by atoms with Crippen molar-refractivity contribution in [3.05, 3.63) is 27.7 Å². The molecule has 20 heavy (non-hydrogen) atoms. The van der Waals surface area contributed by atoms with Crippen LogP contribution in [0.3, 0.4) is 0 Å². The van der Waals surface area contributed by atoms with Gasteiger partial charge in [-0.1, -0.05) is 37.3 Å². The molecule has 2 rings (SSSR count). The Labute approximate surface area is 133 Å². The van der Waals surface area contributed by atoms with E-state index in [0.29, 0.717) is 11.6 Å². The lowest BCUT2D eigenvalue weighted by atomic mass is 9.79. The van der Waals surface area contributed by atoms with Gasteiger partial charge in [0.1, 0.15) is 0 Å². The van der Waals surface area contributed by atoms with Crippen LogP contribution in [0, 0.1) is 5.41 Å². The van der Waals surface area contributed by atoms with Gasteiger partial charge >= 0.3 is 0 Å². The molecule has 5 heteroatoms. The minimum Gasteiger partial charge on any atom is -0.329 e. The molecular formula is C15H20BrClN2O. The summed E-state index contributed by atoms with van der Waals surface area (Å²) in [5.41, 5.74) is 6.26. The molecule has 1 saturated carbocycles. The molecule has 0 bridgehead atoms. The van der Waals surface area contributed by atoms with Gasteiger partial charge in [-0.2, -0.15) is 0 Å².